The van der Waals surface area contributed by atoms with E-state index in [2.05, 4.69) is 142 Å². The summed E-state index contributed by atoms with van der Waals surface area (Å²) >= 11 is 5.80. The fourth-order valence-electron chi connectivity index (χ4n) is 23.5. The Morgan fingerprint density at radius 3 is 1.33 bits per heavy atom. The summed E-state index contributed by atoms with van der Waals surface area (Å²) in [4.78, 5) is 24.7. The highest BCUT2D eigenvalue weighted by atomic mass is 35.7. The van der Waals surface area contributed by atoms with E-state index < -0.39 is 43.1 Å². The van der Waals surface area contributed by atoms with Crippen LogP contribution in [0.3, 0.4) is 0 Å². The standard InChI is InChI=1S/C46H79O6PSi.C32H60O2Si.C13H19ClNO4P/c1-14-36-40-28-32(4)22-25-46(40,11)39-23-26-45(10)37(20-21-38(45)42(39)43(36)52-54(12,13)44(7,8)9)33(5)24-27-50-53(48,51-35-18-16-15-17-19-35)30-34(6)41(47)29-49-31(2)3;1-11-23-27-20-21(2)14-17-32(27,8)26-15-18-31(7)24(22(3)16-19-33)12-13-25(31)28(26)29(23)34-35(9,10)30(4,5)6;1-10(2)18-9-13(16)11(3)15-20(14,17)19-12-7-5-4-6-8-12/h15-19,31-34,36-40,42-43H,14,20-30H2,1-13H3;21-29,33H,11-20H2,1-10H3;4-8,10-11H,9H2,1-3H3,(H,15,17)/t32-,33-,34-,36-,37-,38?,39?,40?,42?,43-,45-,46-,53-;21-,22-,23-,24-,25?,26?,27?,28?,29-,31-,32-;11-,20?/m110/s1. The minimum atomic E-state index is -3.63. The van der Waals surface area contributed by atoms with E-state index in [9.17, 15) is 23.8 Å². The first kappa shape index (κ1) is 92.8. The molecule has 0 aliphatic heterocycles. The van der Waals surface area contributed by atoms with Gasteiger partial charge in [0.1, 0.15) is 24.7 Å². The van der Waals surface area contributed by atoms with Crippen LogP contribution in [0.1, 0.15) is 268 Å². The van der Waals surface area contributed by atoms with Crippen LogP contribution < -0.4 is 14.1 Å². The number of nitrogens with one attached hydrogen (secondary N) is 1. The maximum atomic E-state index is 14.4. The minimum absolute atomic E-state index is 0.00417. The number of halogens is 1. The molecule has 0 bridgehead atoms. The first-order valence-corrected chi connectivity index (χ1v) is 53.8. The summed E-state index contributed by atoms with van der Waals surface area (Å²) in [5.41, 5.74) is 1.58. The lowest BCUT2D eigenvalue weighted by Crippen LogP contribution is -2.64. The van der Waals surface area contributed by atoms with E-state index in [4.69, 9.17) is 43.1 Å². The van der Waals surface area contributed by atoms with Crippen LogP contribution in [0.4, 0.5) is 0 Å². The van der Waals surface area contributed by atoms with E-state index in [0.29, 0.717) is 88.7 Å². The summed E-state index contributed by atoms with van der Waals surface area (Å²) in [6.45, 7) is 58.0. The molecule has 18 heteroatoms. The molecule has 2 aromatic rings. The Morgan fingerprint density at radius 1 is 0.550 bits per heavy atom. The first-order chi connectivity index (χ1) is 50.7. The molecule has 8 aliphatic carbocycles. The first-order valence-electron chi connectivity index (χ1n) is 43.7. The fraction of sp³-hybridized carbons (Fsp3) is 0.846. The second-order valence-electron chi connectivity index (χ2n) is 41.4. The Hall–Kier alpha value is -1.72. The van der Waals surface area contributed by atoms with Crippen LogP contribution in [-0.2, 0) is 41.6 Å². The smallest absolute Gasteiger partial charge is 0.409 e. The fourth-order valence-corrected chi connectivity index (χ4v) is 29.9. The molecule has 109 heavy (non-hydrogen) atoms. The predicted molar refractivity (Wildman–Crippen MR) is 457 cm³/mol. The van der Waals surface area contributed by atoms with Crippen LogP contribution in [0.15, 0.2) is 60.7 Å². The zero-order valence-corrected chi connectivity index (χ0v) is 78.0. The molecule has 8 aliphatic rings. The van der Waals surface area contributed by atoms with Crippen molar-refractivity contribution < 1.29 is 55.7 Å². The number of aliphatic hydroxyl groups is 1. The van der Waals surface area contributed by atoms with Crippen LogP contribution in [0, 0.1) is 122 Å². The molecule has 9 unspecified atom stereocenters. The molecule has 0 saturated heterocycles. The van der Waals surface area contributed by atoms with Crippen molar-refractivity contribution in [3.05, 3.63) is 60.7 Å². The number of ether oxygens (including phenoxy) is 2. The van der Waals surface area contributed by atoms with Crippen molar-refractivity contribution in [1.82, 2.24) is 5.09 Å². The number of hydrogen-bond acceptors (Lipinski definition) is 12. The number of para-hydroxylation sites is 2. The van der Waals surface area contributed by atoms with Gasteiger partial charge < -0.3 is 32.5 Å². The van der Waals surface area contributed by atoms with Gasteiger partial charge in [-0.2, -0.15) is 0 Å². The normalized spacial score (nSPS) is 36.0. The average Bonchev–Trinajstić information content (AvgIpc) is 1.69. The van der Waals surface area contributed by atoms with Gasteiger partial charge in [0.25, 0.3) is 0 Å². The third kappa shape index (κ3) is 21.4. The summed E-state index contributed by atoms with van der Waals surface area (Å²) in [5.74, 6) is 11.5. The van der Waals surface area contributed by atoms with Crippen LogP contribution >= 0.6 is 25.7 Å². The Balaban J connectivity index is 0.000000231. The Morgan fingerprint density at radius 2 is 0.936 bits per heavy atom. The number of carbonyl (C=O) groups is 2. The number of aliphatic hydroxyl groups excluding tert-OH is 1. The second-order valence-corrected chi connectivity index (χ2v) is 55.7. The highest BCUT2D eigenvalue weighted by Crippen LogP contribution is 2.73. The third-order valence-corrected chi connectivity index (χ3v) is 44.3. The van der Waals surface area contributed by atoms with Crippen LogP contribution in [0.2, 0.25) is 36.3 Å². The lowest BCUT2D eigenvalue weighted by molar-refractivity contribution is -0.194. The van der Waals surface area contributed by atoms with Gasteiger partial charge in [-0.05, 0) is 301 Å². The molecular weight excluding hydrogens is 1450 g/mol. The van der Waals surface area contributed by atoms with Gasteiger partial charge in [-0.25, -0.2) is 14.2 Å². The van der Waals surface area contributed by atoms with Gasteiger partial charge in [0.05, 0.1) is 43.2 Å². The number of Topliss-reactive ketones (excluding diaryl/α,β-unsaturated/α-hetero) is 2. The molecule has 8 fully saturated rings. The van der Waals surface area contributed by atoms with Crippen molar-refractivity contribution >= 4 is 53.9 Å². The molecule has 0 radical (unpaired) electrons. The molecule has 0 heterocycles. The number of benzene rings is 2. The molecule has 13 nitrogen and oxygen atoms in total. The largest absolute Gasteiger partial charge is 0.424 e. The molecule has 26 atom stereocenters. The average molecular weight is 1610 g/mol. The minimum Gasteiger partial charge on any atom is -0.424 e. The van der Waals surface area contributed by atoms with E-state index in [1.807, 2.05) is 52.8 Å². The van der Waals surface area contributed by atoms with E-state index in [0.717, 1.165) is 72.0 Å². The van der Waals surface area contributed by atoms with Gasteiger partial charge in [-0.1, -0.05) is 180 Å². The van der Waals surface area contributed by atoms with Gasteiger partial charge in [0.2, 0.25) is 0 Å². The number of fused-ring (bicyclic) bond motifs is 10. The van der Waals surface area contributed by atoms with E-state index in [-0.39, 0.29) is 58.6 Å². The van der Waals surface area contributed by atoms with Gasteiger partial charge in [0, 0.05) is 23.8 Å². The Bertz CT molecular complexity index is 3310. The van der Waals surface area contributed by atoms with Crippen LogP contribution in [0.5, 0.6) is 11.5 Å². The number of ketones is 2. The van der Waals surface area contributed by atoms with Crippen molar-refractivity contribution in [2.45, 2.75) is 335 Å². The van der Waals surface area contributed by atoms with E-state index >= 15 is 0 Å². The van der Waals surface area contributed by atoms with Crippen LogP contribution in [-0.4, -0.2) is 96.4 Å². The Labute approximate surface area is 672 Å². The third-order valence-electron chi connectivity index (χ3n) is 31.7. The van der Waals surface area contributed by atoms with E-state index in [1.54, 1.807) is 49.4 Å². The second kappa shape index (κ2) is 37.5. The summed E-state index contributed by atoms with van der Waals surface area (Å²) in [5, 5.41) is 12.7. The number of carbonyl (C=O) groups excluding carboxylic acids is 2. The van der Waals surface area contributed by atoms with Crippen molar-refractivity contribution in [2.75, 3.05) is 32.6 Å². The number of rotatable bonds is 30. The van der Waals surface area contributed by atoms with Crippen molar-refractivity contribution in [3.63, 3.8) is 0 Å². The molecular formula is C91H158ClNO12P2Si2. The van der Waals surface area contributed by atoms with Gasteiger partial charge in [-0.15, -0.1) is 0 Å². The number of hydrogen-bond donors (Lipinski definition) is 2. The summed E-state index contributed by atoms with van der Waals surface area (Å²) < 4.78 is 70.2. The molecule has 2 N–H and O–H groups in total. The molecule has 0 aromatic heterocycles. The quantitative estimate of drug-likeness (QED) is 0.0561. The highest BCUT2D eigenvalue weighted by molar-refractivity contribution is 7.84. The monoisotopic (exact) mass is 1610 g/mol. The lowest BCUT2D eigenvalue weighted by Gasteiger charge is -2.66. The van der Waals surface area contributed by atoms with Gasteiger partial charge in [0.15, 0.2) is 28.2 Å². The zero-order chi connectivity index (χ0) is 81.0. The van der Waals surface area contributed by atoms with Gasteiger partial charge >= 0.3 is 14.5 Å². The van der Waals surface area contributed by atoms with Crippen molar-refractivity contribution in [3.8, 4) is 11.5 Å². The summed E-state index contributed by atoms with van der Waals surface area (Å²) in [6, 6.07) is 17.0. The Kier molecular flexibility index (Phi) is 31.9. The zero-order valence-electron chi connectivity index (χ0n) is 73.4. The molecule has 0 spiro atoms. The maximum Gasteiger partial charge on any atom is 0.409 e. The molecule has 624 valence electrons. The molecule has 10 rings (SSSR count). The SMILES string of the molecule is CC(C)OCC(=O)[C@H](C)NP(=O)(Cl)Oc1ccccc1.CC[C@@H]1C2C[C@H](C)CC[C@]2(C)C2CC[C@@]3(C)C(CC[C@@H]3[C@H](C)CCO)C2[C@@H]1O[Si](C)(C)C(C)(C)C.CC[C@@H]1C2C[C@H](C)CC[C@]2(C)C2CC[C@@]3(C)C(CC[C@@H]3[C@H](C)CCO[P@](=O)(C[C@@H](C)C(=O)COC(C)C)Oc3ccccc3)C2[C@@H]1O[Si](C)(C)C(C)(C)C. The topological polar surface area (TPSA) is 165 Å². The highest BCUT2D eigenvalue weighted by Gasteiger charge is 2.68. The molecule has 0 amide bonds. The summed E-state index contributed by atoms with van der Waals surface area (Å²) in [6.07, 6.45) is 24.2. The maximum absolute atomic E-state index is 14.4. The van der Waals surface area contributed by atoms with Crippen molar-refractivity contribution in [1.29, 1.82) is 0 Å². The van der Waals surface area contributed by atoms with Crippen molar-refractivity contribution in [2.24, 2.45) is 122 Å². The predicted octanol–water partition coefficient (Wildman–Crippen LogP) is 25.2. The molecule has 8 saturated carbocycles. The van der Waals surface area contributed by atoms with Gasteiger partial charge in [-0.3, -0.25) is 14.1 Å². The van der Waals surface area contributed by atoms with Crippen LogP contribution in [0.25, 0.3) is 0 Å². The summed E-state index contributed by atoms with van der Waals surface area (Å²) in [7, 11) is -7.50. The lowest BCUT2D eigenvalue weighted by atomic mass is 9.41. The molecule has 2 aromatic carbocycles. The van der Waals surface area contributed by atoms with E-state index in [1.165, 1.54) is 103 Å².